The molecule has 1 saturated heterocycles. The van der Waals surface area contributed by atoms with Crippen LogP contribution in [0.1, 0.15) is 31.2 Å². The van der Waals surface area contributed by atoms with Gasteiger partial charge in [0.25, 0.3) is 0 Å². The number of hydrogen-bond acceptors (Lipinski definition) is 6. The first kappa shape index (κ1) is 23.1. The molecule has 2 heterocycles. The third-order valence-electron chi connectivity index (χ3n) is 5.70. The minimum atomic E-state index is -4.42. The fourth-order valence-corrected chi connectivity index (χ4v) is 4.00. The van der Waals surface area contributed by atoms with E-state index >= 15 is 0 Å². The maximum Gasteiger partial charge on any atom is 0.416 e. The first-order valence-electron chi connectivity index (χ1n) is 11.1. The summed E-state index contributed by atoms with van der Waals surface area (Å²) >= 11 is 0. The molecule has 4 rings (SSSR count). The fraction of sp³-hybridized carbons (Fsp3) is 0.417. The molecular weight excluding hydrogens is 433 g/mol. The number of anilines is 2. The van der Waals surface area contributed by atoms with Crippen LogP contribution in [0.5, 0.6) is 11.5 Å². The van der Waals surface area contributed by atoms with E-state index in [4.69, 9.17) is 9.47 Å². The van der Waals surface area contributed by atoms with Gasteiger partial charge in [0.15, 0.2) is 11.5 Å². The summed E-state index contributed by atoms with van der Waals surface area (Å²) in [6.45, 7) is 3.86. The highest BCUT2D eigenvalue weighted by Gasteiger charge is 2.30. The van der Waals surface area contributed by atoms with Gasteiger partial charge in [-0.15, -0.1) is 0 Å². The minimum absolute atomic E-state index is 0.279. The summed E-state index contributed by atoms with van der Waals surface area (Å²) in [5.74, 6) is 1.48. The molecule has 2 aromatic carbocycles. The van der Waals surface area contributed by atoms with Crippen molar-refractivity contribution in [1.82, 2.24) is 14.9 Å². The van der Waals surface area contributed by atoms with Crippen molar-refractivity contribution in [3.05, 3.63) is 48.3 Å². The molecule has 9 heteroatoms. The Morgan fingerprint density at radius 3 is 2.61 bits per heavy atom. The molecule has 0 aliphatic carbocycles. The van der Waals surface area contributed by atoms with Crippen molar-refractivity contribution >= 4 is 22.4 Å². The van der Waals surface area contributed by atoms with E-state index in [0.717, 1.165) is 38.2 Å². The summed E-state index contributed by atoms with van der Waals surface area (Å²) in [7, 11) is 1.55. The lowest BCUT2D eigenvalue weighted by Gasteiger charge is -2.26. The lowest BCUT2D eigenvalue weighted by molar-refractivity contribution is -0.137. The molecule has 176 valence electrons. The zero-order valence-corrected chi connectivity index (χ0v) is 18.5. The van der Waals surface area contributed by atoms with Gasteiger partial charge in [-0.2, -0.15) is 13.2 Å². The number of likely N-dealkylation sites (tertiary alicyclic amines) is 1. The van der Waals surface area contributed by atoms with E-state index in [0.29, 0.717) is 34.8 Å². The van der Waals surface area contributed by atoms with Gasteiger partial charge in [0, 0.05) is 23.7 Å². The van der Waals surface area contributed by atoms with Gasteiger partial charge in [-0.3, -0.25) is 0 Å². The van der Waals surface area contributed by atoms with Crippen molar-refractivity contribution in [3.63, 3.8) is 0 Å². The van der Waals surface area contributed by atoms with Crippen LogP contribution in [0.2, 0.25) is 0 Å². The van der Waals surface area contributed by atoms with Gasteiger partial charge in [0.2, 0.25) is 0 Å². The quantitative estimate of drug-likeness (QED) is 0.438. The van der Waals surface area contributed by atoms with Crippen LogP contribution in [0.25, 0.3) is 10.9 Å². The van der Waals surface area contributed by atoms with Gasteiger partial charge < -0.3 is 19.7 Å². The third-order valence-corrected chi connectivity index (χ3v) is 5.70. The number of halogens is 3. The van der Waals surface area contributed by atoms with Crippen molar-refractivity contribution < 1.29 is 22.6 Å². The van der Waals surface area contributed by atoms with Gasteiger partial charge in [-0.1, -0.05) is 12.5 Å². The Labute approximate surface area is 190 Å². The van der Waals surface area contributed by atoms with E-state index in [9.17, 15) is 13.2 Å². The van der Waals surface area contributed by atoms with Crippen molar-refractivity contribution in [2.24, 2.45) is 0 Å². The second kappa shape index (κ2) is 10.2. The molecule has 1 aliphatic rings. The largest absolute Gasteiger partial charge is 0.493 e. The van der Waals surface area contributed by atoms with Crippen molar-refractivity contribution in [2.45, 2.75) is 31.9 Å². The Morgan fingerprint density at radius 2 is 1.85 bits per heavy atom. The number of aromatic nitrogens is 2. The van der Waals surface area contributed by atoms with E-state index in [-0.39, 0.29) is 5.69 Å². The molecule has 0 spiro atoms. The Kier molecular flexibility index (Phi) is 7.17. The number of nitrogens with one attached hydrogen (secondary N) is 1. The Hall–Kier alpha value is -3.07. The molecule has 0 radical (unpaired) electrons. The highest BCUT2D eigenvalue weighted by molar-refractivity contribution is 5.93. The number of methoxy groups -OCH3 is 1. The maximum absolute atomic E-state index is 13.0. The van der Waals surface area contributed by atoms with Gasteiger partial charge in [0.1, 0.15) is 12.1 Å². The lowest BCUT2D eigenvalue weighted by atomic mass is 10.1. The summed E-state index contributed by atoms with van der Waals surface area (Å²) in [6, 6.07) is 8.50. The highest BCUT2D eigenvalue weighted by atomic mass is 19.4. The topological polar surface area (TPSA) is 59.5 Å². The molecule has 6 nitrogen and oxygen atoms in total. The molecule has 1 fully saturated rings. The zero-order valence-electron chi connectivity index (χ0n) is 18.5. The summed E-state index contributed by atoms with van der Waals surface area (Å²) in [4.78, 5) is 11.0. The van der Waals surface area contributed by atoms with Crippen LogP contribution in [0, 0.1) is 0 Å². The Balaban J connectivity index is 1.49. The average Bonchev–Trinajstić information content (AvgIpc) is 2.82. The van der Waals surface area contributed by atoms with E-state index in [1.807, 2.05) is 0 Å². The molecule has 0 atom stereocenters. The van der Waals surface area contributed by atoms with Crippen LogP contribution in [-0.4, -0.2) is 48.2 Å². The summed E-state index contributed by atoms with van der Waals surface area (Å²) in [6.07, 6.45) is 1.69. The number of rotatable bonds is 8. The standard InChI is InChI=1S/C24H27F3N4O2/c1-32-21-14-19-20(15-22(21)33-12-6-11-31-9-3-2-4-10-31)28-16-29-23(19)30-18-8-5-7-17(13-18)24(25,26)27/h5,7-8,13-16H,2-4,6,9-12H2,1H3,(H,28,29,30). The van der Waals surface area contributed by atoms with Crippen molar-refractivity contribution in [2.75, 3.05) is 38.7 Å². The summed E-state index contributed by atoms with van der Waals surface area (Å²) < 4.78 is 50.6. The molecule has 33 heavy (non-hydrogen) atoms. The van der Waals surface area contributed by atoms with Gasteiger partial charge in [-0.25, -0.2) is 9.97 Å². The molecule has 0 amide bonds. The zero-order chi connectivity index (χ0) is 23.3. The second-order valence-corrected chi connectivity index (χ2v) is 8.05. The summed E-state index contributed by atoms with van der Waals surface area (Å²) in [5.41, 5.74) is 0.150. The lowest BCUT2D eigenvalue weighted by Crippen LogP contribution is -2.31. The highest BCUT2D eigenvalue weighted by Crippen LogP contribution is 2.36. The number of alkyl halides is 3. The number of nitrogens with zero attached hydrogens (tertiary/aromatic N) is 3. The number of ether oxygens (including phenoxy) is 2. The number of benzene rings is 2. The van der Waals surface area contributed by atoms with E-state index in [2.05, 4.69) is 20.2 Å². The van der Waals surface area contributed by atoms with E-state index in [1.54, 1.807) is 25.3 Å². The smallest absolute Gasteiger partial charge is 0.416 e. The fourth-order valence-electron chi connectivity index (χ4n) is 4.00. The Bertz CT molecular complexity index is 1080. The second-order valence-electron chi connectivity index (χ2n) is 8.05. The third kappa shape index (κ3) is 5.84. The molecule has 0 bridgehead atoms. The maximum atomic E-state index is 13.0. The molecule has 1 aromatic heterocycles. The minimum Gasteiger partial charge on any atom is -0.493 e. The number of piperidine rings is 1. The Morgan fingerprint density at radius 1 is 1.03 bits per heavy atom. The first-order chi connectivity index (χ1) is 15.9. The van der Waals surface area contributed by atoms with E-state index in [1.165, 1.54) is 31.7 Å². The number of hydrogen-bond donors (Lipinski definition) is 1. The number of fused-ring (bicyclic) bond motifs is 1. The summed E-state index contributed by atoms with van der Waals surface area (Å²) in [5, 5.41) is 3.58. The SMILES string of the molecule is COc1cc2c(Nc3cccc(C(F)(F)F)c3)ncnc2cc1OCCCN1CCCCC1. The van der Waals surface area contributed by atoms with Crippen LogP contribution in [0.15, 0.2) is 42.7 Å². The van der Waals surface area contributed by atoms with Crippen LogP contribution >= 0.6 is 0 Å². The van der Waals surface area contributed by atoms with Crippen molar-refractivity contribution in [1.29, 1.82) is 0 Å². The van der Waals surface area contributed by atoms with Crippen LogP contribution < -0.4 is 14.8 Å². The van der Waals surface area contributed by atoms with Crippen LogP contribution in [-0.2, 0) is 6.18 Å². The van der Waals surface area contributed by atoms with Gasteiger partial charge in [-0.05, 0) is 56.6 Å². The molecule has 0 saturated carbocycles. The molecule has 1 N–H and O–H groups in total. The molecule has 1 aliphatic heterocycles. The van der Waals surface area contributed by atoms with Gasteiger partial charge >= 0.3 is 6.18 Å². The normalized spacial score (nSPS) is 14.9. The molecular formula is C24H27F3N4O2. The monoisotopic (exact) mass is 460 g/mol. The van der Waals surface area contributed by atoms with Crippen LogP contribution in [0.3, 0.4) is 0 Å². The first-order valence-corrected chi connectivity index (χ1v) is 11.1. The predicted octanol–water partition coefficient (Wildman–Crippen LogP) is 5.66. The molecule has 0 unspecified atom stereocenters. The predicted molar refractivity (Wildman–Crippen MR) is 121 cm³/mol. The average molecular weight is 461 g/mol. The van der Waals surface area contributed by atoms with E-state index < -0.39 is 11.7 Å². The molecule has 3 aromatic rings. The van der Waals surface area contributed by atoms with Gasteiger partial charge in [0.05, 0.1) is 24.8 Å². The van der Waals surface area contributed by atoms with Crippen molar-refractivity contribution in [3.8, 4) is 11.5 Å². The van der Waals surface area contributed by atoms with Crippen LogP contribution in [0.4, 0.5) is 24.7 Å².